The van der Waals surface area contributed by atoms with Crippen molar-refractivity contribution >= 4 is 34.5 Å². The predicted octanol–water partition coefficient (Wildman–Crippen LogP) is 3.30. The first-order chi connectivity index (χ1) is 14.8. The van der Waals surface area contributed by atoms with Crippen LogP contribution in [-0.2, 0) is 16.1 Å². The molecule has 31 heavy (non-hydrogen) atoms. The van der Waals surface area contributed by atoms with E-state index in [4.69, 9.17) is 9.15 Å². The Labute approximate surface area is 177 Å². The van der Waals surface area contributed by atoms with Gasteiger partial charge in [0, 0.05) is 11.5 Å². The molecular weight excluding hydrogens is 400 g/mol. The smallest absolute Gasteiger partial charge is 0.339 e. The predicted molar refractivity (Wildman–Crippen MR) is 113 cm³/mol. The molecule has 0 atom stereocenters. The number of ether oxygens (including phenoxy) is 1. The number of imide groups is 2. The number of rotatable bonds is 5. The topological polar surface area (TPSA) is 97.1 Å². The summed E-state index contributed by atoms with van der Waals surface area (Å²) in [6, 6.07) is 10.5. The normalized spacial score (nSPS) is 14.1. The van der Waals surface area contributed by atoms with Crippen LogP contribution in [-0.4, -0.2) is 29.4 Å². The van der Waals surface area contributed by atoms with Gasteiger partial charge in [0.2, 0.25) is 0 Å². The molecule has 8 nitrogen and oxygen atoms in total. The largest absolute Gasteiger partial charge is 0.492 e. The van der Waals surface area contributed by atoms with Gasteiger partial charge >= 0.3 is 23.5 Å². The van der Waals surface area contributed by atoms with Crippen LogP contribution in [0.1, 0.15) is 23.6 Å². The van der Waals surface area contributed by atoms with Gasteiger partial charge in [-0.15, -0.1) is 0 Å². The number of para-hydroxylation sites is 2. The Bertz CT molecular complexity index is 1290. The third-order valence-corrected chi connectivity index (χ3v) is 5.23. The van der Waals surface area contributed by atoms with E-state index in [2.05, 4.69) is 0 Å². The number of carbonyl (C=O) groups is 3. The first kappa shape index (κ1) is 20.3. The molecule has 1 aliphatic rings. The highest BCUT2D eigenvalue weighted by molar-refractivity contribution is 6.53. The van der Waals surface area contributed by atoms with E-state index in [9.17, 15) is 19.2 Å². The maximum atomic E-state index is 13.1. The van der Waals surface area contributed by atoms with Crippen LogP contribution in [0.5, 0.6) is 5.75 Å². The molecule has 0 spiro atoms. The van der Waals surface area contributed by atoms with Crippen LogP contribution >= 0.6 is 0 Å². The van der Waals surface area contributed by atoms with Gasteiger partial charge in [0.15, 0.2) is 0 Å². The molecule has 0 bridgehead atoms. The lowest BCUT2D eigenvalue weighted by molar-refractivity contribution is -0.139. The molecule has 1 aliphatic heterocycles. The Hall–Kier alpha value is -3.94. The molecule has 2 heterocycles. The zero-order chi connectivity index (χ0) is 22.3. The van der Waals surface area contributed by atoms with Gasteiger partial charge in [0.1, 0.15) is 11.3 Å². The summed E-state index contributed by atoms with van der Waals surface area (Å²) < 4.78 is 10.8. The third-order valence-electron chi connectivity index (χ3n) is 5.23. The second kappa shape index (κ2) is 7.71. The molecule has 8 heteroatoms. The highest BCUT2D eigenvalue weighted by atomic mass is 16.5. The lowest BCUT2D eigenvalue weighted by atomic mass is 10.0. The third kappa shape index (κ3) is 3.46. The van der Waals surface area contributed by atoms with Crippen LogP contribution in [0.2, 0.25) is 0 Å². The van der Waals surface area contributed by atoms with E-state index in [1.54, 1.807) is 31.2 Å². The average Bonchev–Trinajstić information content (AvgIpc) is 2.93. The monoisotopic (exact) mass is 420 g/mol. The Morgan fingerprint density at radius 3 is 2.39 bits per heavy atom. The number of hydrogen-bond donors (Lipinski definition) is 0. The van der Waals surface area contributed by atoms with Crippen molar-refractivity contribution in [2.45, 2.75) is 27.3 Å². The molecule has 0 unspecified atom stereocenters. The molecule has 1 aromatic heterocycles. The van der Waals surface area contributed by atoms with Crippen LogP contribution in [0, 0.1) is 13.8 Å². The minimum absolute atomic E-state index is 0.194. The number of nitrogens with zero attached hydrogens (tertiary/aromatic N) is 2. The van der Waals surface area contributed by atoms with Gasteiger partial charge in [0.25, 0.3) is 0 Å². The van der Waals surface area contributed by atoms with Crippen LogP contribution in [0.3, 0.4) is 0 Å². The fourth-order valence-corrected chi connectivity index (χ4v) is 3.56. The molecule has 0 saturated carbocycles. The minimum atomic E-state index is -0.976. The summed E-state index contributed by atoms with van der Waals surface area (Å²) in [5, 5.41) is 0.601. The molecule has 3 aromatic rings. The molecule has 4 amide bonds. The summed E-state index contributed by atoms with van der Waals surface area (Å²) in [7, 11) is 0. The van der Waals surface area contributed by atoms with Crippen molar-refractivity contribution in [3.8, 4) is 5.75 Å². The Kier molecular flexibility index (Phi) is 5.06. The molecule has 0 radical (unpaired) electrons. The van der Waals surface area contributed by atoms with E-state index in [0.29, 0.717) is 28.9 Å². The van der Waals surface area contributed by atoms with E-state index < -0.39 is 23.5 Å². The zero-order valence-electron chi connectivity index (χ0n) is 17.3. The van der Waals surface area contributed by atoms with Gasteiger partial charge in [-0.2, -0.15) is 0 Å². The van der Waals surface area contributed by atoms with Gasteiger partial charge in [-0.3, -0.25) is 14.5 Å². The number of fused-ring (bicyclic) bond motifs is 1. The highest BCUT2D eigenvalue weighted by Crippen LogP contribution is 2.33. The second-order valence-electron chi connectivity index (χ2n) is 7.24. The Balaban J connectivity index is 1.75. The maximum Gasteiger partial charge on any atom is 0.339 e. The SMILES string of the molecule is CCOc1ccccc1N1C(=O)C(=O)N(Cc2cc(=O)oc3cc(C)c(C)cc23)C1=O. The van der Waals surface area contributed by atoms with Crippen molar-refractivity contribution in [3.05, 3.63) is 69.6 Å². The van der Waals surface area contributed by atoms with Crippen LogP contribution in [0.15, 0.2) is 51.7 Å². The highest BCUT2D eigenvalue weighted by Gasteiger charge is 2.46. The van der Waals surface area contributed by atoms with E-state index >= 15 is 0 Å². The van der Waals surface area contributed by atoms with Gasteiger partial charge in [-0.1, -0.05) is 12.1 Å². The standard InChI is InChI=1S/C23H20N2O6/c1-4-30-18-8-6-5-7-17(18)25-22(28)21(27)24(23(25)29)12-15-11-20(26)31-19-10-14(3)13(2)9-16(15)19/h5-11H,4,12H2,1-3H3. The van der Waals surface area contributed by atoms with Crippen molar-refractivity contribution in [2.75, 3.05) is 11.5 Å². The summed E-state index contributed by atoms with van der Waals surface area (Å²) in [4.78, 5) is 52.1. The van der Waals surface area contributed by atoms with Gasteiger partial charge < -0.3 is 9.15 Å². The molecule has 4 rings (SSSR count). The molecule has 1 saturated heterocycles. The van der Waals surface area contributed by atoms with E-state index in [0.717, 1.165) is 20.9 Å². The molecule has 158 valence electrons. The van der Waals surface area contributed by atoms with Gasteiger partial charge in [-0.05, 0) is 61.7 Å². The van der Waals surface area contributed by atoms with Crippen LogP contribution < -0.4 is 15.3 Å². The van der Waals surface area contributed by atoms with Crippen LogP contribution in [0.25, 0.3) is 11.0 Å². The van der Waals surface area contributed by atoms with E-state index in [-0.39, 0.29) is 12.2 Å². The Morgan fingerprint density at radius 2 is 1.65 bits per heavy atom. The molecule has 1 fully saturated rings. The lowest BCUT2D eigenvalue weighted by Gasteiger charge is -2.18. The summed E-state index contributed by atoms with van der Waals surface area (Å²) >= 11 is 0. The number of urea groups is 1. The molecule has 0 aliphatic carbocycles. The van der Waals surface area contributed by atoms with Gasteiger partial charge in [-0.25, -0.2) is 14.5 Å². The van der Waals surface area contributed by atoms with Crippen molar-refractivity contribution in [2.24, 2.45) is 0 Å². The molecular formula is C23H20N2O6. The number of aryl methyl sites for hydroxylation is 2. The van der Waals surface area contributed by atoms with Crippen molar-refractivity contribution in [1.29, 1.82) is 0 Å². The fraction of sp³-hybridized carbons (Fsp3) is 0.217. The van der Waals surface area contributed by atoms with E-state index in [1.807, 2.05) is 19.9 Å². The minimum Gasteiger partial charge on any atom is -0.492 e. The van der Waals surface area contributed by atoms with Crippen molar-refractivity contribution < 1.29 is 23.5 Å². The second-order valence-corrected chi connectivity index (χ2v) is 7.24. The number of amides is 4. The lowest BCUT2D eigenvalue weighted by Crippen LogP contribution is -2.33. The number of anilines is 1. The summed E-state index contributed by atoms with van der Waals surface area (Å²) in [6.45, 7) is 5.67. The van der Waals surface area contributed by atoms with Crippen LogP contribution in [0.4, 0.5) is 10.5 Å². The average molecular weight is 420 g/mol. The summed E-state index contributed by atoms with van der Waals surface area (Å²) in [6.07, 6.45) is 0. The van der Waals surface area contributed by atoms with Crippen molar-refractivity contribution in [3.63, 3.8) is 0 Å². The number of benzene rings is 2. The first-order valence-corrected chi connectivity index (χ1v) is 9.77. The Morgan fingerprint density at radius 1 is 0.935 bits per heavy atom. The van der Waals surface area contributed by atoms with Gasteiger partial charge in [0.05, 0.1) is 18.8 Å². The number of carbonyl (C=O) groups excluding carboxylic acids is 3. The number of hydrogen-bond acceptors (Lipinski definition) is 6. The zero-order valence-corrected chi connectivity index (χ0v) is 17.3. The molecule has 0 N–H and O–H groups in total. The summed E-state index contributed by atoms with van der Waals surface area (Å²) in [5.41, 5.74) is 2.27. The fourth-order valence-electron chi connectivity index (χ4n) is 3.56. The molecule has 2 aromatic carbocycles. The first-order valence-electron chi connectivity index (χ1n) is 9.77. The van der Waals surface area contributed by atoms with Crippen molar-refractivity contribution in [1.82, 2.24) is 4.90 Å². The maximum absolute atomic E-state index is 13.1. The quantitative estimate of drug-likeness (QED) is 0.357. The van der Waals surface area contributed by atoms with E-state index in [1.165, 1.54) is 12.1 Å². The summed E-state index contributed by atoms with van der Waals surface area (Å²) in [5.74, 6) is -1.63.